The van der Waals surface area contributed by atoms with Crippen LogP contribution in [0.15, 0.2) is 53.1 Å². The zero-order chi connectivity index (χ0) is 19.7. The van der Waals surface area contributed by atoms with Crippen LogP contribution in [-0.2, 0) is 4.79 Å². The molecule has 1 aliphatic heterocycles. The molecule has 0 spiro atoms. The van der Waals surface area contributed by atoms with E-state index >= 15 is 0 Å². The molecule has 0 saturated heterocycles. The number of rotatable bonds is 4. The predicted molar refractivity (Wildman–Crippen MR) is 97.5 cm³/mol. The van der Waals surface area contributed by atoms with Gasteiger partial charge in [-0.3, -0.25) is 14.9 Å². The van der Waals surface area contributed by atoms with Gasteiger partial charge in [-0.05, 0) is 36.8 Å². The molecule has 0 unspecified atom stereocenters. The van der Waals surface area contributed by atoms with E-state index in [0.29, 0.717) is 11.3 Å². The van der Waals surface area contributed by atoms with E-state index in [4.69, 9.17) is 11.6 Å². The first kappa shape index (κ1) is 18.3. The third-order valence-corrected chi connectivity index (χ3v) is 4.22. The normalized spacial score (nSPS) is 15.2. The smallest absolute Gasteiger partial charge is 0.280 e. The fourth-order valence-corrected chi connectivity index (χ4v) is 2.71. The third kappa shape index (κ3) is 3.56. The summed E-state index contributed by atoms with van der Waals surface area (Å²) < 4.78 is 0. The number of nitro benzene ring substituents is 1. The standard InChI is InChI=1S/C18H12ClN3O5/c1-10-15(9-12-8-14(22(26)27)5-6-16(12)19)17(23)21(20-10)13-4-2-3-11(7-13)18(24)25/h2-9H,1H3,(H,24,25)/p-1/b15-9-. The number of aromatic carboxylic acids is 1. The van der Waals surface area contributed by atoms with Crippen molar-refractivity contribution < 1.29 is 19.6 Å². The van der Waals surface area contributed by atoms with Crippen LogP contribution < -0.4 is 10.1 Å². The lowest BCUT2D eigenvalue weighted by Gasteiger charge is -2.13. The number of halogens is 1. The number of nitro groups is 1. The molecular formula is C18H11ClN3O5-. The van der Waals surface area contributed by atoms with Gasteiger partial charge in [0.1, 0.15) is 0 Å². The molecule has 2 aromatic rings. The van der Waals surface area contributed by atoms with Gasteiger partial charge in [-0.25, -0.2) is 0 Å². The number of amides is 1. The van der Waals surface area contributed by atoms with Crippen LogP contribution in [0.5, 0.6) is 0 Å². The van der Waals surface area contributed by atoms with E-state index in [2.05, 4.69) is 5.10 Å². The van der Waals surface area contributed by atoms with Gasteiger partial charge >= 0.3 is 0 Å². The number of non-ortho nitro benzene ring substituents is 1. The summed E-state index contributed by atoms with van der Waals surface area (Å²) in [6.07, 6.45) is 1.42. The molecule has 0 bridgehead atoms. The molecule has 0 aromatic heterocycles. The first-order valence-corrected chi connectivity index (χ1v) is 8.03. The lowest BCUT2D eigenvalue weighted by molar-refractivity contribution is -0.384. The molecular weight excluding hydrogens is 374 g/mol. The van der Waals surface area contributed by atoms with Crippen molar-refractivity contribution in [3.63, 3.8) is 0 Å². The summed E-state index contributed by atoms with van der Waals surface area (Å²) in [5, 5.41) is 27.4. The topological polar surface area (TPSA) is 116 Å². The Morgan fingerprint density at radius 1 is 1.26 bits per heavy atom. The summed E-state index contributed by atoms with van der Waals surface area (Å²) in [6.45, 7) is 1.59. The molecule has 0 atom stereocenters. The molecule has 136 valence electrons. The lowest BCUT2D eigenvalue weighted by atomic mass is 10.1. The third-order valence-electron chi connectivity index (χ3n) is 3.88. The minimum atomic E-state index is -1.37. The van der Waals surface area contributed by atoms with Crippen LogP contribution in [0.1, 0.15) is 22.8 Å². The molecule has 1 heterocycles. The Morgan fingerprint density at radius 3 is 2.67 bits per heavy atom. The Balaban J connectivity index is 2.00. The molecule has 0 N–H and O–H groups in total. The second-order valence-electron chi connectivity index (χ2n) is 5.66. The van der Waals surface area contributed by atoms with Crippen molar-refractivity contribution in [3.8, 4) is 0 Å². The predicted octanol–water partition coefficient (Wildman–Crippen LogP) is 2.42. The van der Waals surface area contributed by atoms with Crippen LogP contribution in [0.3, 0.4) is 0 Å². The number of carbonyl (C=O) groups excluding carboxylic acids is 2. The number of carbonyl (C=O) groups is 2. The van der Waals surface area contributed by atoms with Gasteiger partial charge in [0.2, 0.25) is 0 Å². The highest BCUT2D eigenvalue weighted by Crippen LogP contribution is 2.29. The quantitative estimate of drug-likeness (QED) is 0.456. The second kappa shape index (κ2) is 7.00. The number of anilines is 1. The Morgan fingerprint density at radius 2 is 2.00 bits per heavy atom. The fourth-order valence-electron chi connectivity index (χ4n) is 2.53. The Bertz CT molecular complexity index is 1050. The molecule has 27 heavy (non-hydrogen) atoms. The van der Waals surface area contributed by atoms with Gasteiger partial charge in [0.15, 0.2) is 0 Å². The Hall–Kier alpha value is -3.52. The molecule has 1 amide bonds. The average molecular weight is 385 g/mol. The highest BCUT2D eigenvalue weighted by Gasteiger charge is 2.29. The first-order chi connectivity index (χ1) is 12.8. The van der Waals surface area contributed by atoms with Crippen LogP contribution in [0, 0.1) is 10.1 Å². The summed E-state index contributed by atoms with van der Waals surface area (Å²) >= 11 is 6.08. The van der Waals surface area contributed by atoms with Gasteiger partial charge in [-0.15, -0.1) is 0 Å². The maximum atomic E-state index is 12.7. The van der Waals surface area contributed by atoms with Crippen molar-refractivity contribution in [2.24, 2.45) is 5.10 Å². The van der Waals surface area contributed by atoms with E-state index in [0.717, 1.165) is 5.01 Å². The molecule has 3 rings (SSSR count). The summed E-state index contributed by atoms with van der Waals surface area (Å²) in [6, 6.07) is 9.51. The average Bonchev–Trinajstić information content (AvgIpc) is 2.91. The van der Waals surface area contributed by atoms with E-state index in [1.165, 1.54) is 48.5 Å². The SMILES string of the molecule is CC1=NN(c2cccc(C(=O)[O-])c2)C(=O)/C1=C\c1cc([N+](=O)[O-])ccc1Cl. The van der Waals surface area contributed by atoms with Crippen LogP contribution in [0.2, 0.25) is 5.02 Å². The number of carboxylic acids is 1. The lowest BCUT2D eigenvalue weighted by Crippen LogP contribution is -2.24. The van der Waals surface area contributed by atoms with Crippen molar-refractivity contribution in [3.05, 3.63) is 74.3 Å². The van der Waals surface area contributed by atoms with Gasteiger partial charge in [0, 0.05) is 22.7 Å². The number of benzene rings is 2. The molecule has 9 heteroatoms. The zero-order valence-electron chi connectivity index (χ0n) is 13.9. The highest BCUT2D eigenvalue weighted by atomic mass is 35.5. The van der Waals surface area contributed by atoms with Crippen LogP contribution >= 0.6 is 11.6 Å². The van der Waals surface area contributed by atoms with E-state index in [9.17, 15) is 24.8 Å². The Kier molecular flexibility index (Phi) is 4.74. The fraction of sp³-hybridized carbons (Fsp3) is 0.0556. The summed E-state index contributed by atoms with van der Waals surface area (Å²) in [5.41, 5.74) is 0.860. The van der Waals surface area contributed by atoms with E-state index in [1.807, 2.05) is 0 Å². The Labute approximate surface area is 158 Å². The number of hydrogen-bond donors (Lipinski definition) is 0. The number of carboxylic acid groups (broad SMARTS) is 1. The molecule has 1 aliphatic rings. The van der Waals surface area contributed by atoms with Crippen LogP contribution in [0.4, 0.5) is 11.4 Å². The molecule has 0 aliphatic carbocycles. The zero-order valence-corrected chi connectivity index (χ0v) is 14.6. The van der Waals surface area contributed by atoms with Gasteiger partial charge in [0.05, 0.1) is 27.9 Å². The highest BCUT2D eigenvalue weighted by molar-refractivity contribution is 6.35. The van der Waals surface area contributed by atoms with Crippen molar-refractivity contribution in [1.82, 2.24) is 0 Å². The van der Waals surface area contributed by atoms with E-state index in [1.54, 1.807) is 6.92 Å². The summed E-state index contributed by atoms with van der Waals surface area (Å²) in [7, 11) is 0. The first-order valence-electron chi connectivity index (χ1n) is 7.65. The maximum absolute atomic E-state index is 12.7. The monoisotopic (exact) mass is 384 g/mol. The van der Waals surface area contributed by atoms with E-state index in [-0.39, 0.29) is 27.5 Å². The minimum Gasteiger partial charge on any atom is -0.545 e. The molecule has 8 nitrogen and oxygen atoms in total. The van der Waals surface area contributed by atoms with Crippen molar-refractivity contribution in [2.45, 2.75) is 6.92 Å². The molecule has 2 aromatic carbocycles. The number of hydrazone groups is 1. The maximum Gasteiger partial charge on any atom is 0.280 e. The minimum absolute atomic E-state index is 0.0905. The number of hydrogen-bond acceptors (Lipinski definition) is 6. The van der Waals surface area contributed by atoms with Gasteiger partial charge in [0.25, 0.3) is 11.6 Å². The van der Waals surface area contributed by atoms with Crippen molar-refractivity contribution in [2.75, 3.05) is 5.01 Å². The summed E-state index contributed by atoms with van der Waals surface area (Å²) in [4.78, 5) is 34.1. The van der Waals surface area contributed by atoms with Gasteiger partial charge in [-0.1, -0.05) is 23.7 Å². The number of nitrogens with zero attached hydrogens (tertiary/aromatic N) is 3. The second-order valence-corrected chi connectivity index (χ2v) is 6.07. The van der Waals surface area contributed by atoms with Crippen LogP contribution in [0.25, 0.3) is 6.08 Å². The van der Waals surface area contributed by atoms with Crippen LogP contribution in [-0.4, -0.2) is 22.5 Å². The van der Waals surface area contributed by atoms with Gasteiger partial charge < -0.3 is 9.90 Å². The van der Waals surface area contributed by atoms with Crippen molar-refractivity contribution in [1.29, 1.82) is 0 Å². The summed E-state index contributed by atoms with van der Waals surface area (Å²) in [5.74, 6) is -1.88. The largest absolute Gasteiger partial charge is 0.545 e. The molecule has 0 saturated carbocycles. The van der Waals surface area contributed by atoms with Crippen molar-refractivity contribution >= 4 is 46.6 Å². The molecule has 0 fully saturated rings. The van der Waals surface area contributed by atoms with Gasteiger partial charge in [-0.2, -0.15) is 10.1 Å². The molecule has 0 radical (unpaired) electrons. The van der Waals surface area contributed by atoms with E-state index < -0.39 is 16.8 Å².